The molecule has 1 aromatic carbocycles. The van der Waals surface area contributed by atoms with E-state index in [-0.39, 0.29) is 0 Å². The Kier molecular flexibility index (Phi) is 6.71. The van der Waals surface area contributed by atoms with Crippen molar-refractivity contribution in [1.29, 1.82) is 0 Å². The van der Waals surface area contributed by atoms with Crippen LogP contribution in [0.3, 0.4) is 0 Å². The number of ether oxygens (including phenoxy) is 2. The Morgan fingerprint density at radius 2 is 1.95 bits per heavy atom. The van der Waals surface area contributed by atoms with E-state index in [1.54, 1.807) is 14.2 Å². The van der Waals surface area contributed by atoms with Crippen LogP contribution in [-0.4, -0.2) is 33.1 Å². The Labute approximate surface area is 132 Å². The van der Waals surface area contributed by atoms with E-state index in [4.69, 9.17) is 9.47 Å². The summed E-state index contributed by atoms with van der Waals surface area (Å²) in [5, 5.41) is 4.00. The molecule has 0 heterocycles. The van der Waals surface area contributed by atoms with Crippen molar-refractivity contribution in [2.75, 3.05) is 33.1 Å². The van der Waals surface area contributed by atoms with E-state index in [1.165, 1.54) is 30.4 Å². The fourth-order valence-electron chi connectivity index (χ4n) is 2.95. The third kappa shape index (κ3) is 4.07. The van der Waals surface area contributed by atoms with Gasteiger partial charge in [-0.1, -0.05) is 6.92 Å². The normalized spacial score (nSPS) is 17.4. The van der Waals surface area contributed by atoms with Crippen molar-refractivity contribution in [3.8, 4) is 11.5 Å². The summed E-state index contributed by atoms with van der Waals surface area (Å²) in [7, 11) is 3.52. The average Bonchev–Trinajstić information content (AvgIpc) is 2.53. The lowest BCUT2D eigenvalue weighted by Crippen LogP contribution is -2.19. The average molecular weight is 309 g/mol. The molecule has 0 fully saturated rings. The van der Waals surface area contributed by atoms with Crippen molar-refractivity contribution in [2.45, 2.75) is 37.9 Å². The van der Waals surface area contributed by atoms with Gasteiger partial charge in [0.1, 0.15) is 11.5 Å². The molecule has 0 saturated carbocycles. The molecular formula is C17H27NO2S. The number of nitrogens with one attached hydrogen (secondary N) is 1. The Morgan fingerprint density at radius 3 is 2.67 bits per heavy atom. The summed E-state index contributed by atoms with van der Waals surface area (Å²) in [6, 6.07) is 4.08. The van der Waals surface area contributed by atoms with Crippen LogP contribution < -0.4 is 14.8 Å². The van der Waals surface area contributed by atoms with Crippen LogP contribution in [0.25, 0.3) is 0 Å². The highest BCUT2D eigenvalue weighted by atomic mass is 32.2. The van der Waals surface area contributed by atoms with Gasteiger partial charge < -0.3 is 14.8 Å². The third-order valence-electron chi connectivity index (χ3n) is 3.95. The predicted molar refractivity (Wildman–Crippen MR) is 90.8 cm³/mol. The SMILES string of the molecule is CCCNCCSC1CCCc2c(OC)ccc(OC)c21. The van der Waals surface area contributed by atoms with E-state index in [2.05, 4.69) is 12.2 Å². The van der Waals surface area contributed by atoms with Gasteiger partial charge in [-0.25, -0.2) is 0 Å². The van der Waals surface area contributed by atoms with E-state index < -0.39 is 0 Å². The van der Waals surface area contributed by atoms with E-state index in [0.717, 1.165) is 36.8 Å². The standard InChI is InChI=1S/C17H27NO2S/c1-4-10-18-11-12-21-16-7-5-6-13-14(19-2)8-9-15(20-3)17(13)16/h8-9,16,18H,4-7,10-12H2,1-3H3. The van der Waals surface area contributed by atoms with Crippen LogP contribution in [0.15, 0.2) is 12.1 Å². The Bertz CT molecular complexity index is 451. The number of methoxy groups -OCH3 is 2. The molecule has 0 spiro atoms. The minimum absolute atomic E-state index is 0.530. The van der Waals surface area contributed by atoms with E-state index in [0.29, 0.717) is 5.25 Å². The third-order valence-corrected chi connectivity index (χ3v) is 5.27. The molecule has 0 saturated heterocycles. The first-order valence-corrected chi connectivity index (χ1v) is 8.92. The van der Waals surface area contributed by atoms with E-state index >= 15 is 0 Å². The molecule has 0 aliphatic heterocycles. The molecule has 4 heteroatoms. The zero-order valence-electron chi connectivity index (χ0n) is 13.4. The molecule has 0 bridgehead atoms. The zero-order chi connectivity index (χ0) is 15.1. The van der Waals surface area contributed by atoms with Crippen molar-refractivity contribution >= 4 is 11.8 Å². The monoisotopic (exact) mass is 309 g/mol. The van der Waals surface area contributed by atoms with Gasteiger partial charge in [0.2, 0.25) is 0 Å². The molecule has 1 unspecified atom stereocenters. The second kappa shape index (κ2) is 8.54. The van der Waals surface area contributed by atoms with Crippen molar-refractivity contribution in [1.82, 2.24) is 5.32 Å². The smallest absolute Gasteiger partial charge is 0.123 e. The van der Waals surface area contributed by atoms with Gasteiger partial charge in [-0.2, -0.15) is 11.8 Å². The Morgan fingerprint density at radius 1 is 1.19 bits per heavy atom. The van der Waals surface area contributed by atoms with Gasteiger partial charge in [0.05, 0.1) is 14.2 Å². The van der Waals surface area contributed by atoms with Gasteiger partial charge >= 0.3 is 0 Å². The van der Waals surface area contributed by atoms with Crippen LogP contribution in [0, 0.1) is 0 Å². The largest absolute Gasteiger partial charge is 0.496 e. The highest BCUT2D eigenvalue weighted by molar-refractivity contribution is 7.99. The first-order valence-electron chi connectivity index (χ1n) is 7.87. The molecule has 2 rings (SSSR count). The summed E-state index contributed by atoms with van der Waals surface area (Å²) < 4.78 is 11.1. The molecule has 1 aliphatic rings. The lowest BCUT2D eigenvalue weighted by molar-refractivity contribution is 0.389. The molecule has 1 atom stereocenters. The van der Waals surface area contributed by atoms with Crippen molar-refractivity contribution < 1.29 is 9.47 Å². The first-order chi connectivity index (χ1) is 10.3. The van der Waals surface area contributed by atoms with Crippen LogP contribution in [0.2, 0.25) is 0 Å². The number of rotatable bonds is 8. The van der Waals surface area contributed by atoms with Crippen LogP contribution in [-0.2, 0) is 6.42 Å². The van der Waals surface area contributed by atoms with Crippen LogP contribution in [0.5, 0.6) is 11.5 Å². The van der Waals surface area contributed by atoms with Crippen molar-refractivity contribution in [3.05, 3.63) is 23.3 Å². The molecule has 1 aliphatic carbocycles. The number of fused-ring (bicyclic) bond motifs is 1. The summed E-state index contributed by atoms with van der Waals surface area (Å²) in [6.45, 7) is 4.39. The zero-order valence-corrected chi connectivity index (χ0v) is 14.2. The maximum absolute atomic E-state index is 5.60. The lowest BCUT2D eigenvalue weighted by Gasteiger charge is -2.28. The first kappa shape index (κ1) is 16.5. The molecular weight excluding hydrogens is 282 g/mol. The highest BCUT2D eigenvalue weighted by Gasteiger charge is 2.26. The fourth-order valence-corrected chi connectivity index (χ4v) is 4.26. The number of hydrogen-bond donors (Lipinski definition) is 1. The molecule has 1 aromatic rings. The fraction of sp³-hybridized carbons (Fsp3) is 0.647. The van der Waals surface area contributed by atoms with E-state index in [1.807, 2.05) is 23.9 Å². The van der Waals surface area contributed by atoms with Crippen LogP contribution in [0.1, 0.15) is 42.6 Å². The summed E-state index contributed by atoms with van der Waals surface area (Å²) in [6.07, 6.45) is 4.76. The Hall–Kier alpha value is -0.870. The summed E-state index contributed by atoms with van der Waals surface area (Å²) in [4.78, 5) is 0. The van der Waals surface area contributed by atoms with Gasteiger partial charge in [0.25, 0.3) is 0 Å². The number of thioether (sulfide) groups is 1. The number of benzene rings is 1. The summed E-state index contributed by atoms with van der Waals surface area (Å²) in [5.41, 5.74) is 2.71. The number of hydrogen-bond acceptors (Lipinski definition) is 4. The molecule has 0 amide bonds. The lowest BCUT2D eigenvalue weighted by atomic mass is 9.89. The van der Waals surface area contributed by atoms with Crippen LogP contribution in [0.4, 0.5) is 0 Å². The second-order valence-corrected chi connectivity index (χ2v) is 6.67. The molecule has 21 heavy (non-hydrogen) atoms. The molecule has 118 valence electrons. The van der Waals surface area contributed by atoms with Gasteiger partial charge in [-0.05, 0) is 44.4 Å². The van der Waals surface area contributed by atoms with E-state index in [9.17, 15) is 0 Å². The van der Waals surface area contributed by atoms with Crippen molar-refractivity contribution in [2.24, 2.45) is 0 Å². The quantitative estimate of drug-likeness (QED) is 0.740. The maximum Gasteiger partial charge on any atom is 0.123 e. The summed E-state index contributed by atoms with van der Waals surface area (Å²) >= 11 is 2.04. The Balaban J connectivity index is 2.09. The molecule has 0 radical (unpaired) electrons. The molecule has 1 N–H and O–H groups in total. The molecule has 3 nitrogen and oxygen atoms in total. The molecule has 0 aromatic heterocycles. The van der Waals surface area contributed by atoms with Crippen molar-refractivity contribution in [3.63, 3.8) is 0 Å². The van der Waals surface area contributed by atoms with Gasteiger partial charge in [0.15, 0.2) is 0 Å². The van der Waals surface area contributed by atoms with Crippen LogP contribution >= 0.6 is 11.8 Å². The minimum Gasteiger partial charge on any atom is -0.496 e. The minimum atomic E-state index is 0.530. The van der Waals surface area contributed by atoms with Gasteiger partial charge in [-0.3, -0.25) is 0 Å². The topological polar surface area (TPSA) is 30.5 Å². The summed E-state index contributed by atoms with van der Waals surface area (Å²) in [5.74, 6) is 3.18. The predicted octanol–water partition coefficient (Wildman–Crippen LogP) is 3.81. The maximum atomic E-state index is 5.60. The van der Waals surface area contributed by atoms with Gasteiger partial charge in [0, 0.05) is 28.7 Å². The highest BCUT2D eigenvalue weighted by Crippen LogP contribution is 2.47. The second-order valence-electron chi connectivity index (χ2n) is 5.36. The van der Waals surface area contributed by atoms with Gasteiger partial charge in [-0.15, -0.1) is 0 Å².